The van der Waals surface area contributed by atoms with E-state index >= 15 is 0 Å². The van der Waals surface area contributed by atoms with Crippen LogP contribution in [0.3, 0.4) is 0 Å². The SMILES string of the molecule is CC(c1ccc(Br)cc1)N1CCN(C(=O)c2coc(CN)c2)CC1. The maximum Gasteiger partial charge on any atom is 0.257 e. The summed E-state index contributed by atoms with van der Waals surface area (Å²) in [4.78, 5) is 16.8. The largest absolute Gasteiger partial charge is 0.467 e. The molecule has 1 fully saturated rings. The fraction of sp³-hybridized carbons (Fsp3) is 0.389. The van der Waals surface area contributed by atoms with Gasteiger partial charge in [0.05, 0.1) is 12.1 Å². The third-order valence-corrected chi connectivity index (χ3v) is 5.13. The van der Waals surface area contributed by atoms with Gasteiger partial charge in [0.2, 0.25) is 0 Å². The van der Waals surface area contributed by atoms with Gasteiger partial charge >= 0.3 is 0 Å². The molecule has 1 amide bonds. The van der Waals surface area contributed by atoms with E-state index in [0.717, 1.165) is 30.7 Å². The maximum absolute atomic E-state index is 12.5. The number of furan rings is 1. The topological polar surface area (TPSA) is 62.7 Å². The smallest absolute Gasteiger partial charge is 0.257 e. The molecule has 1 aliphatic rings. The first kappa shape index (κ1) is 17.2. The minimum Gasteiger partial charge on any atom is -0.467 e. The van der Waals surface area contributed by atoms with Gasteiger partial charge in [-0.05, 0) is 30.7 Å². The highest BCUT2D eigenvalue weighted by Gasteiger charge is 2.26. The van der Waals surface area contributed by atoms with Gasteiger partial charge < -0.3 is 15.1 Å². The Morgan fingerprint density at radius 2 is 1.92 bits per heavy atom. The molecule has 3 rings (SSSR count). The van der Waals surface area contributed by atoms with E-state index in [1.165, 1.54) is 11.8 Å². The second kappa shape index (κ2) is 7.51. The lowest BCUT2D eigenvalue weighted by molar-refractivity contribution is 0.0581. The fourth-order valence-electron chi connectivity index (χ4n) is 3.05. The Kier molecular flexibility index (Phi) is 5.38. The van der Waals surface area contributed by atoms with Gasteiger partial charge in [-0.3, -0.25) is 9.69 Å². The summed E-state index contributed by atoms with van der Waals surface area (Å²) in [7, 11) is 0. The van der Waals surface area contributed by atoms with Crippen molar-refractivity contribution in [1.82, 2.24) is 9.80 Å². The predicted octanol–water partition coefficient (Wildman–Crippen LogP) is 3.02. The molecule has 1 atom stereocenters. The van der Waals surface area contributed by atoms with Crippen molar-refractivity contribution in [3.63, 3.8) is 0 Å². The molecule has 6 heteroatoms. The summed E-state index contributed by atoms with van der Waals surface area (Å²) in [5.41, 5.74) is 7.41. The zero-order valence-electron chi connectivity index (χ0n) is 13.7. The third kappa shape index (κ3) is 3.71. The van der Waals surface area contributed by atoms with Crippen LogP contribution >= 0.6 is 15.9 Å². The number of hydrogen-bond acceptors (Lipinski definition) is 4. The minimum atomic E-state index is 0.0226. The Morgan fingerprint density at radius 1 is 1.25 bits per heavy atom. The monoisotopic (exact) mass is 391 g/mol. The van der Waals surface area contributed by atoms with E-state index in [1.807, 2.05) is 4.90 Å². The second-order valence-electron chi connectivity index (χ2n) is 6.06. The van der Waals surface area contributed by atoms with Gasteiger partial charge in [-0.15, -0.1) is 0 Å². The predicted molar refractivity (Wildman–Crippen MR) is 96.6 cm³/mol. The van der Waals surface area contributed by atoms with Crippen LogP contribution in [-0.4, -0.2) is 41.9 Å². The molecule has 2 N–H and O–H groups in total. The molecule has 0 bridgehead atoms. The number of carbonyl (C=O) groups excluding carboxylic acids is 1. The third-order valence-electron chi connectivity index (χ3n) is 4.60. The van der Waals surface area contributed by atoms with E-state index in [1.54, 1.807) is 6.07 Å². The molecule has 0 aliphatic carbocycles. The highest BCUT2D eigenvalue weighted by atomic mass is 79.9. The number of hydrogen-bond donors (Lipinski definition) is 1. The zero-order chi connectivity index (χ0) is 17.1. The van der Waals surface area contributed by atoms with Gasteiger partial charge in [0.15, 0.2) is 0 Å². The number of piperazine rings is 1. The van der Waals surface area contributed by atoms with Crippen LogP contribution in [0.2, 0.25) is 0 Å². The second-order valence-corrected chi connectivity index (χ2v) is 6.98. The molecule has 1 aromatic carbocycles. The van der Waals surface area contributed by atoms with Crippen molar-refractivity contribution in [1.29, 1.82) is 0 Å². The first-order valence-electron chi connectivity index (χ1n) is 8.14. The van der Waals surface area contributed by atoms with Crippen LogP contribution in [-0.2, 0) is 6.54 Å². The summed E-state index contributed by atoms with van der Waals surface area (Å²) in [5, 5.41) is 0. The summed E-state index contributed by atoms with van der Waals surface area (Å²) in [6.45, 7) is 5.71. The first-order chi connectivity index (χ1) is 11.6. The normalized spacial score (nSPS) is 17.0. The van der Waals surface area contributed by atoms with Crippen LogP contribution in [0.4, 0.5) is 0 Å². The molecule has 1 aliphatic heterocycles. The number of halogens is 1. The Morgan fingerprint density at radius 3 is 2.50 bits per heavy atom. The van der Waals surface area contributed by atoms with Gasteiger partial charge in [0.1, 0.15) is 12.0 Å². The molecular weight excluding hydrogens is 370 g/mol. The Bertz CT molecular complexity index is 691. The van der Waals surface area contributed by atoms with E-state index in [-0.39, 0.29) is 5.91 Å². The van der Waals surface area contributed by atoms with Crippen molar-refractivity contribution >= 4 is 21.8 Å². The first-order valence-corrected chi connectivity index (χ1v) is 8.94. The number of rotatable bonds is 4. The molecule has 1 saturated heterocycles. The summed E-state index contributed by atoms with van der Waals surface area (Å²) >= 11 is 3.47. The molecule has 1 aromatic heterocycles. The highest BCUT2D eigenvalue weighted by Crippen LogP contribution is 2.23. The molecule has 0 spiro atoms. The van der Waals surface area contributed by atoms with Gasteiger partial charge in [0, 0.05) is 36.7 Å². The van der Waals surface area contributed by atoms with Crippen LogP contribution in [0, 0.1) is 0 Å². The molecule has 2 aromatic rings. The molecule has 1 unspecified atom stereocenters. The van der Waals surface area contributed by atoms with E-state index in [9.17, 15) is 4.79 Å². The van der Waals surface area contributed by atoms with Crippen molar-refractivity contribution in [2.24, 2.45) is 5.73 Å². The zero-order valence-corrected chi connectivity index (χ0v) is 15.3. The summed E-state index contributed by atoms with van der Waals surface area (Å²) in [5.74, 6) is 0.662. The molecule has 5 nitrogen and oxygen atoms in total. The van der Waals surface area contributed by atoms with Crippen molar-refractivity contribution in [2.45, 2.75) is 19.5 Å². The van der Waals surface area contributed by atoms with Crippen LogP contribution in [0.25, 0.3) is 0 Å². The number of nitrogens with two attached hydrogens (primary N) is 1. The van der Waals surface area contributed by atoms with E-state index in [2.05, 4.69) is 52.0 Å². The summed E-state index contributed by atoms with van der Waals surface area (Å²) < 4.78 is 6.35. The van der Waals surface area contributed by atoms with Gasteiger partial charge in [0.25, 0.3) is 5.91 Å². The van der Waals surface area contributed by atoms with E-state index < -0.39 is 0 Å². The number of amides is 1. The van der Waals surface area contributed by atoms with Crippen molar-refractivity contribution in [2.75, 3.05) is 26.2 Å². The Hall–Kier alpha value is -1.63. The van der Waals surface area contributed by atoms with Crippen molar-refractivity contribution < 1.29 is 9.21 Å². The summed E-state index contributed by atoms with van der Waals surface area (Å²) in [6, 6.07) is 10.5. The van der Waals surface area contributed by atoms with Gasteiger partial charge in [-0.1, -0.05) is 28.1 Å². The maximum atomic E-state index is 12.5. The average Bonchev–Trinajstić information content (AvgIpc) is 3.10. The molecule has 0 saturated carbocycles. The number of carbonyl (C=O) groups is 1. The lowest BCUT2D eigenvalue weighted by Gasteiger charge is -2.38. The molecule has 128 valence electrons. The van der Waals surface area contributed by atoms with Crippen LogP contribution in [0.1, 0.15) is 34.6 Å². The quantitative estimate of drug-likeness (QED) is 0.869. The average molecular weight is 392 g/mol. The van der Waals surface area contributed by atoms with E-state index in [0.29, 0.717) is 23.9 Å². The van der Waals surface area contributed by atoms with Crippen LogP contribution in [0.15, 0.2) is 45.5 Å². The Labute approximate surface area is 150 Å². The van der Waals surface area contributed by atoms with Crippen molar-refractivity contribution in [3.05, 3.63) is 58.0 Å². The van der Waals surface area contributed by atoms with Gasteiger partial charge in [-0.25, -0.2) is 0 Å². The standard InChI is InChI=1S/C18H22BrN3O2/c1-13(14-2-4-16(19)5-3-14)21-6-8-22(9-7-21)18(23)15-10-17(11-20)24-12-15/h2-5,10,12-13H,6-9,11,20H2,1H3. The number of benzene rings is 1. The van der Waals surface area contributed by atoms with Crippen LogP contribution in [0.5, 0.6) is 0 Å². The lowest BCUT2D eigenvalue weighted by atomic mass is 10.1. The van der Waals surface area contributed by atoms with E-state index in [4.69, 9.17) is 10.2 Å². The molecule has 24 heavy (non-hydrogen) atoms. The summed E-state index contributed by atoms with van der Waals surface area (Å²) in [6.07, 6.45) is 1.50. The number of nitrogens with zero attached hydrogens (tertiary/aromatic N) is 2. The van der Waals surface area contributed by atoms with Crippen LogP contribution < -0.4 is 5.73 Å². The lowest BCUT2D eigenvalue weighted by Crippen LogP contribution is -2.49. The molecule has 0 radical (unpaired) electrons. The highest BCUT2D eigenvalue weighted by molar-refractivity contribution is 9.10. The van der Waals surface area contributed by atoms with Crippen molar-refractivity contribution in [3.8, 4) is 0 Å². The molecular formula is C18H22BrN3O2. The Balaban J connectivity index is 1.58. The fourth-order valence-corrected chi connectivity index (χ4v) is 3.31. The van der Waals surface area contributed by atoms with Gasteiger partial charge in [-0.2, -0.15) is 0 Å². The minimum absolute atomic E-state index is 0.0226. The molecule has 2 heterocycles.